The summed E-state index contributed by atoms with van der Waals surface area (Å²) < 4.78 is 16.8. The van der Waals surface area contributed by atoms with Crippen LogP contribution in [0.3, 0.4) is 0 Å². The molecule has 0 aliphatic heterocycles. The fraction of sp³-hybridized carbons (Fsp3) is 0.741. The smallest absolute Gasteiger partial charge is 0.306 e. The monoisotopic (exact) mass is 893 g/mol. The summed E-state index contributed by atoms with van der Waals surface area (Å²) in [4.78, 5) is 38.0. The number of allylic oxidation sites excluding steroid dienone is 12. The molecule has 0 saturated carbocycles. The van der Waals surface area contributed by atoms with Gasteiger partial charge in [0.1, 0.15) is 13.2 Å². The van der Waals surface area contributed by atoms with Crippen molar-refractivity contribution in [3.63, 3.8) is 0 Å². The molecule has 0 rings (SSSR count). The maximum atomic E-state index is 12.8. The minimum atomic E-state index is -0.792. The number of ether oxygens (including phenoxy) is 3. The number of esters is 3. The molecule has 0 amide bonds. The van der Waals surface area contributed by atoms with Crippen molar-refractivity contribution >= 4 is 17.9 Å². The van der Waals surface area contributed by atoms with Crippen molar-refractivity contribution < 1.29 is 28.6 Å². The van der Waals surface area contributed by atoms with Crippen LogP contribution in [0.2, 0.25) is 0 Å². The first-order chi connectivity index (χ1) is 31.5. The van der Waals surface area contributed by atoms with Crippen molar-refractivity contribution in [3.8, 4) is 0 Å². The standard InChI is InChI=1S/C58H100O6/c1-4-7-10-13-16-19-22-25-28-29-31-33-36-39-42-45-48-51-57(60)63-54-55(53-62-56(59)50-47-44-41-38-35-32-27-24-21-18-15-12-9-6-3)64-58(61)52-49-46-43-40-37-34-30-26-23-20-17-14-11-8-5-2/h15-20,24-28,30,55H,4-14,21-23,29,31-54H2,1-3H3/b18-15-,19-16-,20-17-,27-24-,28-25-,30-26-. The lowest BCUT2D eigenvalue weighted by molar-refractivity contribution is -0.167. The van der Waals surface area contributed by atoms with E-state index >= 15 is 0 Å². The predicted molar refractivity (Wildman–Crippen MR) is 274 cm³/mol. The molecule has 0 fully saturated rings. The molecule has 368 valence electrons. The second-order valence-electron chi connectivity index (χ2n) is 17.8. The van der Waals surface area contributed by atoms with Crippen molar-refractivity contribution in [2.45, 2.75) is 264 Å². The van der Waals surface area contributed by atoms with Crippen molar-refractivity contribution in [1.29, 1.82) is 0 Å². The predicted octanol–water partition coefficient (Wildman–Crippen LogP) is 17.8. The van der Waals surface area contributed by atoms with Gasteiger partial charge in [-0.3, -0.25) is 14.4 Å². The van der Waals surface area contributed by atoms with E-state index in [9.17, 15) is 14.4 Å². The Morgan fingerprint density at radius 3 is 0.906 bits per heavy atom. The second kappa shape index (κ2) is 52.5. The topological polar surface area (TPSA) is 78.9 Å². The number of hydrogen-bond acceptors (Lipinski definition) is 6. The molecule has 0 aromatic carbocycles. The summed E-state index contributed by atoms with van der Waals surface area (Å²) in [5.41, 5.74) is 0. The van der Waals surface area contributed by atoms with E-state index in [1.807, 2.05) is 0 Å². The van der Waals surface area contributed by atoms with Gasteiger partial charge in [-0.25, -0.2) is 0 Å². The second-order valence-corrected chi connectivity index (χ2v) is 17.8. The van der Waals surface area contributed by atoms with Crippen molar-refractivity contribution in [2.75, 3.05) is 13.2 Å². The van der Waals surface area contributed by atoms with Gasteiger partial charge in [-0.1, -0.05) is 203 Å². The molecule has 0 aromatic rings. The third kappa shape index (κ3) is 49.9. The van der Waals surface area contributed by atoms with Gasteiger partial charge in [-0.15, -0.1) is 0 Å². The van der Waals surface area contributed by atoms with E-state index in [-0.39, 0.29) is 31.1 Å². The molecule has 6 nitrogen and oxygen atoms in total. The SMILES string of the molecule is CCCC/C=C\C/C=C\CCCCCCCC(=O)OCC(COC(=O)CCCCCCCCC/C=C\C/C=C\CCCCC)OC(=O)CCCCCCC/C=C\C/C=C\CCCCC. The number of hydrogen-bond donors (Lipinski definition) is 0. The van der Waals surface area contributed by atoms with Gasteiger partial charge in [-0.05, 0) is 109 Å². The molecule has 1 atom stereocenters. The van der Waals surface area contributed by atoms with E-state index in [0.29, 0.717) is 19.3 Å². The number of unbranched alkanes of at least 4 members (excludes halogenated alkanes) is 25. The van der Waals surface area contributed by atoms with Crippen LogP contribution >= 0.6 is 0 Å². The fourth-order valence-corrected chi connectivity index (χ4v) is 7.28. The summed E-state index contributed by atoms with van der Waals surface area (Å²) in [5.74, 6) is -0.922. The van der Waals surface area contributed by atoms with Gasteiger partial charge in [0.05, 0.1) is 0 Å². The highest BCUT2D eigenvalue weighted by Crippen LogP contribution is 2.14. The van der Waals surface area contributed by atoms with E-state index in [4.69, 9.17) is 14.2 Å². The third-order valence-corrected chi connectivity index (χ3v) is 11.4. The first-order valence-corrected chi connectivity index (χ1v) is 26.9. The largest absolute Gasteiger partial charge is 0.462 e. The summed E-state index contributed by atoms with van der Waals surface area (Å²) in [7, 11) is 0. The molecule has 6 heteroatoms. The Hall–Kier alpha value is -3.15. The first-order valence-electron chi connectivity index (χ1n) is 26.9. The van der Waals surface area contributed by atoms with Crippen LogP contribution in [0.15, 0.2) is 72.9 Å². The first kappa shape index (κ1) is 60.9. The molecular formula is C58H100O6. The zero-order chi connectivity index (χ0) is 46.5. The number of carbonyl (C=O) groups excluding carboxylic acids is 3. The highest BCUT2D eigenvalue weighted by Gasteiger charge is 2.19. The van der Waals surface area contributed by atoms with E-state index in [1.54, 1.807) is 0 Å². The molecule has 64 heavy (non-hydrogen) atoms. The summed E-state index contributed by atoms with van der Waals surface area (Å²) in [6, 6.07) is 0. The lowest BCUT2D eigenvalue weighted by Gasteiger charge is -2.18. The van der Waals surface area contributed by atoms with Crippen LogP contribution in [0, 0.1) is 0 Å². The van der Waals surface area contributed by atoms with Gasteiger partial charge in [0.25, 0.3) is 0 Å². The molecule has 0 radical (unpaired) electrons. The van der Waals surface area contributed by atoms with Crippen molar-refractivity contribution in [1.82, 2.24) is 0 Å². The average Bonchev–Trinajstić information content (AvgIpc) is 3.29. The Kier molecular flexibility index (Phi) is 49.9. The fourth-order valence-electron chi connectivity index (χ4n) is 7.28. The summed E-state index contributed by atoms with van der Waals surface area (Å²) in [6.45, 7) is 6.52. The highest BCUT2D eigenvalue weighted by molar-refractivity contribution is 5.71. The molecule has 0 N–H and O–H groups in total. The van der Waals surface area contributed by atoms with E-state index in [0.717, 1.165) is 122 Å². The molecular weight excluding hydrogens is 793 g/mol. The van der Waals surface area contributed by atoms with Crippen molar-refractivity contribution in [3.05, 3.63) is 72.9 Å². The van der Waals surface area contributed by atoms with Gasteiger partial charge in [0.15, 0.2) is 6.10 Å². The molecule has 0 saturated heterocycles. The summed E-state index contributed by atoms with van der Waals surface area (Å²) in [6.07, 6.45) is 65.9. The van der Waals surface area contributed by atoms with Crippen LogP contribution in [-0.2, 0) is 28.6 Å². The minimum Gasteiger partial charge on any atom is -0.462 e. The quantitative estimate of drug-likeness (QED) is 0.0262. The van der Waals surface area contributed by atoms with Crippen LogP contribution in [0.1, 0.15) is 258 Å². The molecule has 0 bridgehead atoms. The Morgan fingerprint density at radius 2 is 0.578 bits per heavy atom. The Bertz CT molecular complexity index is 1210. The molecule has 0 heterocycles. The van der Waals surface area contributed by atoms with Gasteiger partial charge >= 0.3 is 17.9 Å². The zero-order valence-corrected chi connectivity index (χ0v) is 42.0. The van der Waals surface area contributed by atoms with Gasteiger partial charge < -0.3 is 14.2 Å². The molecule has 0 spiro atoms. The maximum absolute atomic E-state index is 12.8. The van der Waals surface area contributed by atoms with Crippen LogP contribution < -0.4 is 0 Å². The van der Waals surface area contributed by atoms with Crippen molar-refractivity contribution in [2.24, 2.45) is 0 Å². The van der Waals surface area contributed by atoms with Crippen LogP contribution in [0.5, 0.6) is 0 Å². The van der Waals surface area contributed by atoms with Gasteiger partial charge in [0.2, 0.25) is 0 Å². The molecule has 0 aliphatic carbocycles. The number of rotatable bonds is 48. The van der Waals surface area contributed by atoms with Gasteiger partial charge in [0, 0.05) is 19.3 Å². The lowest BCUT2D eigenvalue weighted by atomic mass is 10.1. The minimum absolute atomic E-state index is 0.0900. The summed E-state index contributed by atoms with van der Waals surface area (Å²) in [5, 5.41) is 0. The van der Waals surface area contributed by atoms with E-state index in [1.165, 1.54) is 96.3 Å². The van der Waals surface area contributed by atoms with E-state index in [2.05, 4.69) is 93.7 Å². The van der Waals surface area contributed by atoms with Crippen LogP contribution in [0.25, 0.3) is 0 Å². The summed E-state index contributed by atoms with van der Waals surface area (Å²) >= 11 is 0. The molecule has 1 unspecified atom stereocenters. The third-order valence-electron chi connectivity index (χ3n) is 11.4. The average molecular weight is 893 g/mol. The zero-order valence-electron chi connectivity index (χ0n) is 42.0. The van der Waals surface area contributed by atoms with Crippen LogP contribution in [0.4, 0.5) is 0 Å². The lowest BCUT2D eigenvalue weighted by Crippen LogP contribution is -2.30. The maximum Gasteiger partial charge on any atom is 0.306 e. The Balaban J connectivity index is 4.43. The molecule has 0 aliphatic rings. The van der Waals surface area contributed by atoms with Crippen LogP contribution in [-0.4, -0.2) is 37.2 Å². The molecule has 0 aromatic heterocycles. The number of carbonyl (C=O) groups is 3. The highest BCUT2D eigenvalue weighted by atomic mass is 16.6. The van der Waals surface area contributed by atoms with E-state index < -0.39 is 6.10 Å². The van der Waals surface area contributed by atoms with Gasteiger partial charge in [-0.2, -0.15) is 0 Å². The Morgan fingerprint density at radius 1 is 0.312 bits per heavy atom. The normalized spacial score (nSPS) is 12.6. The Labute approximate surface area is 395 Å².